The van der Waals surface area contributed by atoms with Crippen molar-refractivity contribution in [2.24, 2.45) is 5.92 Å². The van der Waals surface area contributed by atoms with Crippen molar-refractivity contribution in [3.05, 3.63) is 35.6 Å². The van der Waals surface area contributed by atoms with E-state index in [4.69, 9.17) is 0 Å². The van der Waals surface area contributed by atoms with E-state index in [9.17, 15) is 4.39 Å². The van der Waals surface area contributed by atoms with Crippen LogP contribution in [0.2, 0.25) is 0 Å². The van der Waals surface area contributed by atoms with E-state index in [-0.39, 0.29) is 11.9 Å². The Bertz CT molecular complexity index is 373. The molecular weight excluding hydrogens is 227 g/mol. The highest BCUT2D eigenvalue weighted by Crippen LogP contribution is 2.19. The van der Waals surface area contributed by atoms with Gasteiger partial charge in [-0.15, -0.1) is 0 Å². The van der Waals surface area contributed by atoms with E-state index in [0.717, 1.165) is 18.0 Å². The van der Waals surface area contributed by atoms with Crippen LogP contribution in [0.1, 0.15) is 31.4 Å². The highest BCUT2D eigenvalue weighted by atomic mass is 19.1. The van der Waals surface area contributed by atoms with Crippen molar-refractivity contribution in [1.82, 2.24) is 10.2 Å². The fourth-order valence-electron chi connectivity index (χ4n) is 2.55. The molecule has 0 aliphatic carbocycles. The van der Waals surface area contributed by atoms with Gasteiger partial charge in [0.25, 0.3) is 0 Å². The molecule has 1 heterocycles. The first-order chi connectivity index (χ1) is 8.66. The molecule has 1 aromatic carbocycles. The van der Waals surface area contributed by atoms with E-state index in [1.807, 2.05) is 19.1 Å². The summed E-state index contributed by atoms with van der Waals surface area (Å²) in [6.45, 7) is 5.39. The predicted octanol–water partition coefficient (Wildman–Crippen LogP) is 2.82. The summed E-state index contributed by atoms with van der Waals surface area (Å²) in [5.74, 6) is 0.622. The molecule has 2 rings (SSSR count). The third kappa shape index (κ3) is 3.53. The average Bonchev–Trinajstić information content (AvgIpc) is 2.38. The van der Waals surface area contributed by atoms with Crippen LogP contribution in [0.3, 0.4) is 0 Å². The Morgan fingerprint density at radius 1 is 1.33 bits per heavy atom. The van der Waals surface area contributed by atoms with Gasteiger partial charge in [-0.25, -0.2) is 4.39 Å². The standard InChI is InChI=1S/C15H23FN2/c1-12(14-5-3-4-6-15(14)16)17-11-13-7-9-18(2)10-8-13/h3-6,12-13,17H,7-11H2,1-2H3/t12-/m1/s1. The van der Waals surface area contributed by atoms with Gasteiger partial charge in [0.2, 0.25) is 0 Å². The summed E-state index contributed by atoms with van der Waals surface area (Å²) >= 11 is 0. The van der Waals surface area contributed by atoms with Gasteiger partial charge in [-0.2, -0.15) is 0 Å². The first-order valence-electron chi connectivity index (χ1n) is 6.83. The van der Waals surface area contributed by atoms with Crippen LogP contribution in [0, 0.1) is 11.7 Å². The maximum absolute atomic E-state index is 13.6. The number of nitrogens with one attached hydrogen (secondary N) is 1. The van der Waals surface area contributed by atoms with Crippen molar-refractivity contribution in [3.8, 4) is 0 Å². The van der Waals surface area contributed by atoms with Crippen molar-refractivity contribution in [2.75, 3.05) is 26.7 Å². The monoisotopic (exact) mass is 250 g/mol. The molecule has 3 heteroatoms. The SMILES string of the molecule is C[C@@H](NCC1CCN(C)CC1)c1ccccc1F. The second kappa shape index (κ2) is 6.30. The van der Waals surface area contributed by atoms with Crippen LogP contribution >= 0.6 is 0 Å². The summed E-state index contributed by atoms with van der Waals surface area (Å²) < 4.78 is 13.6. The molecule has 0 unspecified atom stereocenters. The molecule has 0 aromatic heterocycles. The molecule has 0 saturated carbocycles. The van der Waals surface area contributed by atoms with E-state index < -0.39 is 0 Å². The molecule has 1 N–H and O–H groups in total. The highest BCUT2D eigenvalue weighted by Gasteiger charge is 2.18. The summed E-state index contributed by atoms with van der Waals surface area (Å²) in [6.07, 6.45) is 2.49. The van der Waals surface area contributed by atoms with Crippen LogP contribution in [-0.2, 0) is 0 Å². The van der Waals surface area contributed by atoms with Crippen molar-refractivity contribution in [1.29, 1.82) is 0 Å². The average molecular weight is 250 g/mol. The van der Waals surface area contributed by atoms with E-state index in [2.05, 4.69) is 17.3 Å². The third-order valence-electron chi connectivity index (χ3n) is 3.92. The van der Waals surface area contributed by atoms with Crippen LogP contribution in [0.25, 0.3) is 0 Å². The number of hydrogen-bond donors (Lipinski definition) is 1. The molecule has 1 saturated heterocycles. The lowest BCUT2D eigenvalue weighted by molar-refractivity contribution is 0.213. The predicted molar refractivity (Wildman–Crippen MR) is 73.0 cm³/mol. The van der Waals surface area contributed by atoms with Gasteiger partial charge in [0, 0.05) is 11.6 Å². The summed E-state index contributed by atoms with van der Waals surface area (Å²) in [6, 6.07) is 7.12. The van der Waals surface area contributed by atoms with Crippen molar-refractivity contribution >= 4 is 0 Å². The minimum Gasteiger partial charge on any atom is -0.310 e. The first kappa shape index (κ1) is 13.5. The van der Waals surface area contributed by atoms with Gasteiger partial charge in [0.15, 0.2) is 0 Å². The summed E-state index contributed by atoms with van der Waals surface area (Å²) in [4.78, 5) is 2.37. The molecule has 0 bridgehead atoms. The smallest absolute Gasteiger partial charge is 0.127 e. The van der Waals surface area contributed by atoms with Crippen LogP contribution in [0.15, 0.2) is 24.3 Å². The van der Waals surface area contributed by atoms with Crippen molar-refractivity contribution in [3.63, 3.8) is 0 Å². The maximum Gasteiger partial charge on any atom is 0.127 e. The van der Waals surface area contributed by atoms with Crippen molar-refractivity contribution in [2.45, 2.75) is 25.8 Å². The maximum atomic E-state index is 13.6. The van der Waals surface area contributed by atoms with E-state index >= 15 is 0 Å². The first-order valence-corrected chi connectivity index (χ1v) is 6.83. The molecule has 0 radical (unpaired) electrons. The van der Waals surface area contributed by atoms with Gasteiger partial charge in [-0.3, -0.25) is 0 Å². The number of benzene rings is 1. The van der Waals surface area contributed by atoms with E-state index in [1.54, 1.807) is 6.07 Å². The molecule has 0 amide bonds. The number of piperidine rings is 1. The van der Waals surface area contributed by atoms with Gasteiger partial charge in [0.1, 0.15) is 5.82 Å². The number of likely N-dealkylation sites (tertiary alicyclic amines) is 1. The lowest BCUT2D eigenvalue weighted by Gasteiger charge is -2.30. The van der Waals surface area contributed by atoms with Crippen LogP contribution in [0.5, 0.6) is 0 Å². The van der Waals surface area contributed by atoms with E-state index in [0.29, 0.717) is 0 Å². The minimum atomic E-state index is -0.110. The molecule has 100 valence electrons. The summed E-state index contributed by atoms with van der Waals surface area (Å²) in [5, 5.41) is 3.47. The van der Waals surface area contributed by atoms with Gasteiger partial charge >= 0.3 is 0 Å². The molecule has 1 fully saturated rings. The highest BCUT2D eigenvalue weighted by molar-refractivity contribution is 5.20. The van der Waals surface area contributed by atoms with Crippen LogP contribution in [-0.4, -0.2) is 31.6 Å². The molecular formula is C15H23FN2. The molecule has 2 nitrogen and oxygen atoms in total. The molecule has 18 heavy (non-hydrogen) atoms. The zero-order chi connectivity index (χ0) is 13.0. The zero-order valence-electron chi connectivity index (χ0n) is 11.3. The number of halogens is 1. The number of hydrogen-bond acceptors (Lipinski definition) is 2. The molecule has 1 aromatic rings. The quantitative estimate of drug-likeness (QED) is 0.884. The van der Waals surface area contributed by atoms with Gasteiger partial charge in [-0.05, 0) is 58.4 Å². The Hall–Kier alpha value is -0.930. The lowest BCUT2D eigenvalue weighted by Crippen LogP contribution is -2.35. The Morgan fingerprint density at radius 2 is 2.00 bits per heavy atom. The molecule has 1 atom stereocenters. The zero-order valence-corrected chi connectivity index (χ0v) is 11.3. The summed E-state index contributed by atoms with van der Waals surface area (Å²) in [5.41, 5.74) is 0.769. The Balaban J connectivity index is 1.81. The van der Waals surface area contributed by atoms with Gasteiger partial charge in [-0.1, -0.05) is 18.2 Å². The largest absolute Gasteiger partial charge is 0.310 e. The Labute approximate surface area is 109 Å². The third-order valence-corrected chi connectivity index (χ3v) is 3.92. The van der Waals surface area contributed by atoms with Crippen LogP contribution in [0.4, 0.5) is 4.39 Å². The fourth-order valence-corrected chi connectivity index (χ4v) is 2.55. The molecule has 0 spiro atoms. The fraction of sp³-hybridized carbons (Fsp3) is 0.600. The van der Waals surface area contributed by atoms with Crippen LogP contribution < -0.4 is 5.32 Å². The number of nitrogens with zero attached hydrogens (tertiary/aromatic N) is 1. The lowest BCUT2D eigenvalue weighted by atomic mass is 9.96. The Morgan fingerprint density at radius 3 is 2.67 bits per heavy atom. The minimum absolute atomic E-state index is 0.0888. The Kier molecular flexibility index (Phi) is 4.72. The van der Waals surface area contributed by atoms with E-state index in [1.165, 1.54) is 32.0 Å². The van der Waals surface area contributed by atoms with Gasteiger partial charge in [0.05, 0.1) is 0 Å². The molecule has 1 aliphatic heterocycles. The second-order valence-corrected chi connectivity index (χ2v) is 5.40. The van der Waals surface area contributed by atoms with Gasteiger partial charge < -0.3 is 10.2 Å². The van der Waals surface area contributed by atoms with Crippen molar-refractivity contribution < 1.29 is 4.39 Å². The number of rotatable bonds is 4. The summed E-state index contributed by atoms with van der Waals surface area (Å²) in [7, 11) is 2.17. The second-order valence-electron chi connectivity index (χ2n) is 5.40. The normalized spacial score (nSPS) is 19.9. The topological polar surface area (TPSA) is 15.3 Å². The molecule has 1 aliphatic rings.